The molecule has 0 saturated heterocycles. The summed E-state index contributed by atoms with van der Waals surface area (Å²) >= 11 is 0. The molecule has 0 amide bonds. The molecule has 0 aliphatic heterocycles. The zero-order chi connectivity index (χ0) is 46.7. The van der Waals surface area contributed by atoms with Gasteiger partial charge in [-0.25, -0.2) is 15.0 Å². The number of para-hydroxylation sites is 2. The van der Waals surface area contributed by atoms with Crippen molar-refractivity contribution < 1.29 is 0 Å². The topological polar surface area (TPSA) is 45.2 Å². The van der Waals surface area contributed by atoms with Crippen molar-refractivity contribution in [1.82, 2.24) is 15.0 Å². The van der Waals surface area contributed by atoms with Crippen LogP contribution in [0.25, 0.3) is 56.4 Å². The Morgan fingerprint density at radius 3 is 0.897 bits per heavy atom. The minimum Gasteiger partial charge on any atom is -0.310 e. The van der Waals surface area contributed by atoms with Gasteiger partial charge in [0.05, 0.1) is 11.4 Å². The Bertz CT molecular complexity index is 3150. The van der Waals surface area contributed by atoms with Crippen LogP contribution in [0.3, 0.4) is 0 Å². The van der Waals surface area contributed by atoms with E-state index in [1.165, 1.54) is 22.3 Å². The average Bonchev–Trinajstić information content (AvgIpc) is 3.38. The van der Waals surface area contributed by atoms with Crippen molar-refractivity contribution in [3.8, 4) is 56.4 Å². The molecule has 0 unspecified atom stereocenters. The van der Waals surface area contributed by atoms with E-state index in [4.69, 9.17) is 15.0 Å². The van der Waals surface area contributed by atoms with Crippen LogP contribution in [0.1, 0.15) is 33.4 Å². The Morgan fingerprint density at radius 2 is 0.544 bits per heavy atom. The normalized spacial score (nSPS) is 11.1. The molecule has 0 spiro atoms. The first kappa shape index (κ1) is 43.5. The van der Waals surface area contributed by atoms with E-state index in [1.807, 2.05) is 18.2 Å². The van der Waals surface area contributed by atoms with Gasteiger partial charge in [0, 0.05) is 39.4 Å². The Morgan fingerprint density at radius 1 is 0.265 bits per heavy atom. The van der Waals surface area contributed by atoms with E-state index < -0.39 is 0 Å². The van der Waals surface area contributed by atoms with Gasteiger partial charge in [0.2, 0.25) is 0 Å². The third kappa shape index (κ3) is 8.47. The van der Waals surface area contributed by atoms with Crippen molar-refractivity contribution in [1.29, 1.82) is 0 Å². The Hall–Kier alpha value is -8.41. The van der Waals surface area contributed by atoms with Gasteiger partial charge in [0.1, 0.15) is 0 Å². The van der Waals surface area contributed by atoms with Crippen molar-refractivity contribution in [2.75, 3.05) is 9.80 Å². The highest BCUT2D eigenvalue weighted by molar-refractivity contribution is 5.89. The van der Waals surface area contributed by atoms with Gasteiger partial charge in [-0.05, 0) is 146 Å². The van der Waals surface area contributed by atoms with Gasteiger partial charge in [0.25, 0.3) is 0 Å². The predicted octanol–water partition coefficient (Wildman–Crippen LogP) is 17.0. The molecule has 10 aromatic rings. The summed E-state index contributed by atoms with van der Waals surface area (Å²) in [5, 5.41) is 0. The second kappa shape index (κ2) is 18.8. The lowest BCUT2D eigenvalue weighted by molar-refractivity contribution is 1.05. The monoisotopic (exact) mass is 879 g/mol. The molecule has 5 nitrogen and oxygen atoms in total. The van der Waals surface area contributed by atoms with Gasteiger partial charge >= 0.3 is 0 Å². The first-order chi connectivity index (χ1) is 33.2. The number of nitrogens with zero attached hydrogens (tertiary/aromatic N) is 5. The molecule has 0 aliphatic rings. The van der Waals surface area contributed by atoms with Crippen LogP contribution in [-0.4, -0.2) is 15.0 Å². The molecule has 68 heavy (non-hydrogen) atoms. The number of aryl methyl sites for hydroxylation is 4. The molecule has 0 radical (unpaired) electrons. The molecule has 1 heterocycles. The fourth-order valence-electron chi connectivity index (χ4n) is 9.88. The van der Waals surface area contributed by atoms with Gasteiger partial charge in [-0.15, -0.1) is 0 Å². The lowest BCUT2D eigenvalue weighted by Gasteiger charge is -2.31. The average molecular weight is 880 g/mol. The molecule has 9 aromatic carbocycles. The van der Waals surface area contributed by atoms with Gasteiger partial charge < -0.3 is 9.80 Å². The summed E-state index contributed by atoms with van der Waals surface area (Å²) in [5.74, 6) is 1.89. The van der Waals surface area contributed by atoms with E-state index >= 15 is 0 Å². The molecule has 0 atom stereocenters. The van der Waals surface area contributed by atoms with E-state index in [9.17, 15) is 0 Å². The molecular weight excluding hydrogens is 827 g/mol. The quantitative estimate of drug-likeness (QED) is 0.130. The van der Waals surface area contributed by atoms with Crippen molar-refractivity contribution in [2.24, 2.45) is 0 Å². The van der Waals surface area contributed by atoms with Crippen LogP contribution < -0.4 is 9.80 Å². The molecule has 0 bridgehead atoms. The highest BCUT2D eigenvalue weighted by Gasteiger charge is 2.26. The zero-order valence-electron chi connectivity index (χ0n) is 39.4. The second-order valence-corrected chi connectivity index (χ2v) is 17.6. The highest BCUT2D eigenvalue weighted by atomic mass is 15.2. The summed E-state index contributed by atoms with van der Waals surface area (Å²) in [6, 6.07) is 74.9. The maximum absolute atomic E-state index is 5.53. The van der Waals surface area contributed by atoms with Crippen LogP contribution in [0.2, 0.25) is 0 Å². The van der Waals surface area contributed by atoms with Crippen molar-refractivity contribution >= 4 is 34.1 Å². The number of hydrogen-bond acceptors (Lipinski definition) is 5. The molecule has 10 rings (SSSR count). The SMILES string of the molecule is Cc1cc(C)c(N(c2ccccc2)c2ccc(-c3ccccc3)cc2)c(C)c1-c1nc(-c2ccccc2)nc(-c2c(C)cc(C)c(N(c3ccccc3)c3ccc(-c4ccccc4)cc3)c2C)n1. The third-order valence-corrected chi connectivity index (χ3v) is 12.9. The Kier molecular flexibility index (Phi) is 12.0. The summed E-state index contributed by atoms with van der Waals surface area (Å²) in [7, 11) is 0. The molecule has 330 valence electrons. The van der Waals surface area contributed by atoms with E-state index in [-0.39, 0.29) is 0 Å². The number of aromatic nitrogens is 3. The summed E-state index contributed by atoms with van der Waals surface area (Å²) in [6.07, 6.45) is 0. The van der Waals surface area contributed by atoms with Gasteiger partial charge in [-0.3, -0.25) is 0 Å². The van der Waals surface area contributed by atoms with E-state index in [1.54, 1.807) is 0 Å². The fraction of sp³-hybridized carbons (Fsp3) is 0.0952. The molecule has 0 N–H and O–H groups in total. The molecule has 5 heteroatoms. The first-order valence-corrected chi connectivity index (χ1v) is 23.3. The lowest BCUT2D eigenvalue weighted by Crippen LogP contribution is -2.15. The van der Waals surface area contributed by atoms with Gasteiger partial charge in [0.15, 0.2) is 17.5 Å². The summed E-state index contributed by atoms with van der Waals surface area (Å²) in [4.78, 5) is 21.0. The maximum atomic E-state index is 5.53. The standard InChI is InChI=1S/C63H53N5/c1-42-40-44(3)59(67(53-28-18-10-19-29-53)55-36-32-50(33-37-55)48-22-12-7-13-23-48)46(5)57(42)62-64-61(52-26-16-9-17-27-52)65-63(66-62)58-43(2)41-45(4)60(47(58)6)68(54-30-20-11-21-31-54)56-38-34-51(35-39-56)49-24-14-8-15-25-49/h7-41H,1-6H3. The predicted molar refractivity (Wildman–Crippen MR) is 285 cm³/mol. The van der Waals surface area contributed by atoms with E-state index in [0.717, 1.165) is 84.2 Å². The third-order valence-electron chi connectivity index (χ3n) is 12.9. The second-order valence-electron chi connectivity index (χ2n) is 17.6. The molecule has 0 aliphatic carbocycles. The van der Waals surface area contributed by atoms with Crippen molar-refractivity contribution in [3.63, 3.8) is 0 Å². The summed E-state index contributed by atoms with van der Waals surface area (Å²) in [6.45, 7) is 13.2. The largest absolute Gasteiger partial charge is 0.310 e. The summed E-state index contributed by atoms with van der Waals surface area (Å²) in [5.41, 5.74) is 20.7. The molecule has 0 saturated carbocycles. The first-order valence-electron chi connectivity index (χ1n) is 23.3. The van der Waals surface area contributed by atoms with Crippen LogP contribution in [0.4, 0.5) is 34.1 Å². The fourth-order valence-corrected chi connectivity index (χ4v) is 9.88. The van der Waals surface area contributed by atoms with Crippen molar-refractivity contribution in [3.05, 3.63) is 246 Å². The Labute approximate surface area is 400 Å². The number of benzene rings is 9. The minimum atomic E-state index is 0.625. The van der Waals surface area contributed by atoms with Crippen LogP contribution in [0.15, 0.2) is 212 Å². The lowest BCUT2D eigenvalue weighted by atomic mass is 9.93. The summed E-state index contributed by atoms with van der Waals surface area (Å²) < 4.78 is 0. The van der Waals surface area contributed by atoms with Crippen LogP contribution in [0, 0.1) is 41.5 Å². The minimum absolute atomic E-state index is 0.625. The van der Waals surface area contributed by atoms with Crippen molar-refractivity contribution in [2.45, 2.75) is 41.5 Å². The zero-order valence-corrected chi connectivity index (χ0v) is 39.4. The van der Waals surface area contributed by atoms with Crippen LogP contribution >= 0.6 is 0 Å². The van der Waals surface area contributed by atoms with E-state index in [0.29, 0.717) is 17.5 Å². The molecule has 0 fully saturated rings. The van der Waals surface area contributed by atoms with Gasteiger partial charge in [-0.1, -0.05) is 164 Å². The van der Waals surface area contributed by atoms with Crippen LogP contribution in [0.5, 0.6) is 0 Å². The smallest absolute Gasteiger partial charge is 0.164 e. The number of hydrogen-bond donors (Lipinski definition) is 0. The Balaban J connectivity index is 1.16. The van der Waals surface area contributed by atoms with Crippen LogP contribution in [-0.2, 0) is 0 Å². The van der Waals surface area contributed by atoms with Gasteiger partial charge in [-0.2, -0.15) is 0 Å². The molecular formula is C63H53N5. The van der Waals surface area contributed by atoms with E-state index in [2.05, 4.69) is 245 Å². The maximum Gasteiger partial charge on any atom is 0.164 e. The molecule has 1 aromatic heterocycles. The number of anilines is 6. The highest BCUT2D eigenvalue weighted by Crippen LogP contribution is 2.46. The number of rotatable bonds is 11.